The quantitative estimate of drug-likeness (QED) is 0.376. The number of benzene rings is 2. The molecule has 0 aliphatic heterocycles. The molecule has 35 heavy (non-hydrogen) atoms. The molecule has 0 saturated heterocycles. The Hall–Kier alpha value is -3.82. The van der Waals surface area contributed by atoms with Gasteiger partial charge < -0.3 is 9.72 Å². The number of aromatic nitrogens is 2. The first-order valence-corrected chi connectivity index (χ1v) is 12.5. The SMILES string of the molecule is CCOC(=O)c1cccc(S(=O)(=O)N(Cc2cccnc2)Cc2cc3ccc(C)cc3[nH]c2=O)c1. The van der Waals surface area contributed by atoms with Gasteiger partial charge in [0.1, 0.15) is 0 Å². The number of aryl methyl sites for hydroxylation is 1. The molecule has 9 heteroatoms. The van der Waals surface area contributed by atoms with Crippen LogP contribution in [0.1, 0.15) is 34.0 Å². The van der Waals surface area contributed by atoms with Gasteiger partial charge in [0.15, 0.2) is 0 Å². The van der Waals surface area contributed by atoms with Crippen molar-refractivity contribution in [2.75, 3.05) is 6.61 Å². The van der Waals surface area contributed by atoms with Crippen LogP contribution in [0.2, 0.25) is 0 Å². The molecule has 180 valence electrons. The molecule has 0 aliphatic carbocycles. The lowest BCUT2D eigenvalue weighted by molar-refractivity contribution is 0.0526. The number of hydrogen-bond acceptors (Lipinski definition) is 6. The van der Waals surface area contributed by atoms with Crippen molar-refractivity contribution in [1.82, 2.24) is 14.3 Å². The molecular formula is C26H25N3O5S. The number of ether oxygens (including phenoxy) is 1. The molecule has 0 atom stereocenters. The van der Waals surface area contributed by atoms with E-state index in [1.165, 1.54) is 28.6 Å². The predicted octanol–water partition coefficient (Wildman–Crippen LogP) is 3.80. The lowest BCUT2D eigenvalue weighted by Gasteiger charge is -2.22. The Balaban J connectivity index is 1.76. The Labute approximate surface area is 203 Å². The molecule has 0 radical (unpaired) electrons. The average Bonchev–Trinajstić information content (AvgIpc) is 2.85. The second-order valence-electron chi connectivity index (χ2n) is 8.10. The first kappa shape index (κ1) is 24.3. The predicted molar refractivity (Wildman–Crippen MR) is 132 cm³/mol. The minimum Gasteiger partial charge on any atom is -0.462 e. The van der Waals surface area contributed by atoms with Crippen molar-refractivity contribution in [3.05, 3.63) is 106 Å². The van der Waals surface area contributed by atoms with Gasteiger partial charge in [-0.2, -0.15) is 4.31 Å². The molecule has 4 rings (SSSR count). The zero-order valence-electron chi connectivity index (χ0n) is 19.4. The summed E-state index contributed by atoms with van der Waals surface area (Å²) in [5.41, 5.74) is 2.41. The highest BCUT2D eigenvalue weighted by Gasteiger charge is 2.27. The number of sulfonamides is 1. The summed E-state index contributed by atoms with van der Waals surface area (Å²) in [6, 6.07) is 16.6. The number of carbonyl (C=O) groups is 1. The highest BCUT2D eigenvalue weighted by molar-refractivity contribution is 7.89. The summed E-state index contributed by atoms with van der Waals surface area (Å²) in [7, 11) is -4.10. The molecule has 0 amide bonds. The third-order valence-corrected chi connectivity index (χ3v) is 7.28. The van der Waals surface area contributed by atoms with E-state index in [2.05, 4.69) is 9.97 Å². The molecule has 4 aromatic rings. The minimum absolute atomic E-state index is 0.00875. The number of rotatable bonds is 8. The first-order chi connectivity index (χ1) is 16.8. The van der Waals surface area contributed by atoms with Crippen LogP contribution in [-0.4, -0.2) is 35.3 Å². The van der Waals surface area contributed by atoms with Crippen molar-refractivity contribution < 1.29 is 17.9 Å². The summed E-state index contributed by atoms with van der Waals surface area (Å²) in [4.78, 5) is 31.9. The molecule has 1 N–H and O–H groups in total. The summed E-state index contributed by atoms with van der Waals surface area (Å²) >= 11 is 0. The van der Waals surface area contributed by atoms with Crippen LogP contribution in [0, 0.1) is 6.92 Å². The maximum atomic E-state index is 13.7. The summed E-state index contributed by atoms with van der Waals surface area (Å²) in [5, 5.41) is 0.799. The van der Waals surface area contributed by atoms with Gasteiger partial charge in [0.05, 0.1) is 17.1 Å². The van der Waals surface area contributed by atoms with Crippen molar-refractivity contribution in [2.24, 2.45) is 0 Å². The number of nitrogens with zero attached hydrogens (tertiary/aromatic N) is 2. The zero-order valence-corrected chi connectivity index (χ0v) is 20.2. The van der Waals surface area contributed by atoms with Crippen molar-refractivity contribution in [3.8, 4) is 0 Å². The van der Waals surface area contributed by atoms with Crippen molar-refractivity contribution in [2.45, 2.75) is 31.8 Å². The van der Waals surface area contributed by atoms with E-state index in [0.29, 0.717) is 16.6 Å². The Kier molecular flexibility index (Phi) is 7.09. The maximum absolute atomic E-state index is 13.7. The lowest BCUT2D eigenvalue weighted by atomic mass is 10.1. The summed E-state index contributed by atoms with van der Waals surface area (Å²) < 4.78 is 33.7. The molecule has 0 aliphatic rings. The molecule has 2 heterocycles. The fourth-order valence-corrected chi connectivity index (χ4v) is 5.19. The molecule has 2 aromatic heterocycles. The van der Waals surface area contributed by atoms with Gasteiger partial charge in [-0.15, -0.1) is 0 Å². The molecule has 0 spiro atoms. The number of aromatic amines is 1. The van der Waals surface area contributed by atoms with Crippen molar-refractivity contribution >= 4 is 26.9 Å². The third-order valence-electron chi connectivity index (χ3n) is 5.49. The van der Waals surface area contributed by atoms with E-state index in [1.54, 1.807) is 37.5 Å². The van der Waals surface area contributed by atoms with E-state index in [9.17, 15) is 18.0 Å². The van der Waals surface area contributed by atoms with Gasteiger partial charge in [-0.25, -0.2) is 13.2 Å². The highest BCUT2D eigenvalue weighted by atomic mass is 32.2. The molecule has 0 fully saturated rings. The molecule has 0 bridgehead atoms. The van der Waals surface area contributed by atoms with Gasteiger partial charge in [-0.1, -0.05) is 24.3 Å². The molecular weight excluding hydrogens is 466 g/mol. The van der Waals surface area contributed by atoms with Crippen LogP contribution in [-0.2, 0) is 27.8 Å². The first-order valence-electron chi connectivity index (χ1n) is 11.1. The van der Waals surface area contributed by atoms with Gasteiger partial charge in [0.2, 0.25) is 10.0 Å². The molecule has 8 nitrogen and oxygen atoms in total. The minimum atomic E-state index is -4.10. The second-order valence-corrected chi connectivity index (χ2v) is 10.0. The van der Waals surface area contributed by atoms with Gasteiger partial charge >= 0.3 is 5.97 Å². The summed E-state index contributed by atoms with van der Waals surface area (Å²) in [6.07, 6.45) is 3.17. The van der Waals surface area contributed by atoms with Crippen LogP contribution in [0.15, 0.2) is 82.7 Å². The molecule has 2 aromatic carbocycles. The van der Waals surface area contributed by atoms with Crippen LogP contribution in [0.3, 0.4) is 0 Å². The summed E-state index contributed by atoms with van der Waals surface area (Å²) in [5.74, 6) is -0.607. The fraction of sp³-hybridized carbons (Fsp3) is 0.192. The number of carbonyl (C=O) groups excluding carboxylic acids is 1. The van der Waals surface area contributed by atoms with Crippen LogP contribution in [0.25, 0.3) is 10.9 Å². The van der Waals surface area contributed by atoms with Gasteiger partial charge in [-0.3, -0.25) is 9.78 Å². The standard InChI is InChI=1S/C26H25N3O5S/c1-3-34-26(31)21-7-4-8-23(14-21)35(32,33)29(16-19-6-5-11-27-15-19)17-22-13-20-10-9-18(2)12-24(20)28-25(22)30/h4-15H,3,16-17H2,1-2H3,(H,28,30). The lowest BCUT2D eigenvalue weighted by Crippen LogP contribution is -2.32. The van der Waals surface area contributed by atoms with E-state index >= 15 is 0 Å². The number of pyridine rings is 2. The molecule has 0 unspecified atom stereocenters. The van der Waals surface area contributed by atoms with Gasteiger partial charge in [-0.05, 0) is 66.8 Å². The monoisotopic (exact) mass is 491 g/mol. The fourth-order valence-electron chi connectivity index (χ4n) is 3.74. The second kappa shape index (κ2) is 10.2. The number of nitrogens with one attached hydrogen (secondary N) is 1. The smallest absolute Gasteiger partial charge is 0.338 e. The number of esters is 1. The Morgan fingerprint density at radius 1 is 1.06 bits per heavy atom. The zero-order chi connectivity index (χ0) is 25.0. The van der Waals surface area contributed by atoms with Crippen LogP contribution in [0.4, 0.5) is 0 Å². The number of hydrogen-bond donors (Lipinski definition) is 1. The maximum Gasteiger partial charge on any atom is 0.338 e. The largest absolute Gasteiger partial charge is 0.462 e. The van der Waals surface area contributed by atoms with Gasteiger partial charge in [0.25, 0.3) is 5.56 Å². The van der Waals surface area contributed by atoms with E-state index < -0.39 is 16.0 Å². The highest BCUT2D eigenvalue weighted by Crippen LogP contribution is 2.23. The number of H-pyrrole nitrogens is 1. The van der Waals surface area contributed by atoms with E-state index in [1.807, 2.05) is 25.1 Å². The third kappa shape index (κ3) is 5.47. The normalized spacial score (nSPS) is 11.6. The average molecular weight is 492 g/mol. The van der Waals surface area contributed by atoms with Crippen LogP contribution in [0.5, 0.6) is 0 Å². The van der Waals surface area contributed by atoms with E-state index in [4.69, 9.17) is 4.74 Å². The molecule has 0 saturated carbocycles. The Bertz CT molecular complexity index is 1530. The topological polar surface area (TPSA) is 109 Å². The van der Waals surface area contributed by atoms with Crippen molar-refractivity contribution in [3.63, 3.8) is 0 Å². The Morgan fingerprint density at radius 3 is 2.63 bits per heavy atom. The van der Waals surface area contributed by atoms with Crippen molar-refractivity contribution in [1.29, 1.82) is 0 Å². The van der Waals surface area contributed by atoms with Gasteiger partial charge in [0, 0.05) is 36.6 Å². The van der Waals surface area contributed by atoms with Crippen LogP contribution < -0.4 is 5.56 Å². The van der Waals surface area contributed by atoms with E-state index in [0.717, 1.165) is 10.9 Å². The Morgan fingerprint density at radius 2 is 1.89 bits per heavy atom. The van der Waals surface area contributed by atoms with Crippen LogP contribution >= 0.6 is 0 Å². The van der Waals surface area contributed by atoms with E-state index in [-0.39, 0.29) is 35.7 Å². The number of fused-ring (bicyclic) bond motifs is 1. The summed E-state index contributed by atoms with van der Waals surface area (Å²) in [6.45, 7) is 3.60.